The van der Waals surface area contributed by atoms with Crippen molar-refractivity contribution < 1.29 is 9.53 Å². The lowest BCUT2D eigenvalue weighted by molar-refractivity contribution is -0.129. The van der Waals surface area contributed by atoms with Gasteiger partial charge in [-0.25, -0.2) is 0 Å². The highest BCUT2D eigenvalue weighted by molar-refractivity contribution is 6.32. The predicted molar refractivity (Wildman–Crippen MR) is 64.7 cm³/mol. The normalized spacial score (nSPS) is 9.53. The first-order chi connectivity index (χ1) is 8.08. The van der Waals surface area contributed by atoms with Crippen molar-refractivity contribution in [2.75, 3.05) is 14.2 Å². The van der Waals surface area contributed by atoms with Crippen molar-refractivity contribution in [2.45, 2.75) is 13.0 Å². The van der Waals surface area contributed by atoms with E-state index in [-0.39, 0.29) is 12.3 Å². The number of ether oxygens (including phenoxy) is 1. The minimum absolute atomic E-state index is 0.111. The van der Waals surface area contributed by atoms with Gasteiger partial charge in [0.15, 0.2) is 0 Å². The SMILES string of the molecule is COc1ccc(CN(C)C(=O)CC#N)cc1Cl. The van der Waals surface area contributed by atoms with E-state index in [4.69, 9.17) is 21.6 Å². The number of hydrogen-bond donors (Lipinski definition) is 0. The van der Waals surface area contributed by atoms with Gasteiger partial charge in [0.1, 0.15) is 12.2 Å². The topological polar surface area (TPSA) is 53.3 Å². The molecule has 0 fully saturated rings. The zero-order valence-electron chi connectivity index (χ0n) is 9.74. The van der Waals surface area contributed by atoms with Gasteiger partial charge in [0.2, 0.25) is 5.91 Å². The molecule has 0 N–H and O–H groups in total. The van der Waals surface area contributed by atoms with E-state index in [0.717, 1.165) is 5.56 Å². The number of carbonyl (C=O) groups is 1. The molecule has 0 aliphatic rings. The van der Waals surface area contributed by atoms with Gasteiger partial charge >= 0.3 is 0 Å². The molecule has 0 unspecified atom stereocenters. The molecular weight excluding hydrogens is 240 g/mol. The summed E-state index contributed by atoms with van der Waals surface area (Å²) in [5, 5.41) is 8.93. The third-order valence-electron chi connectivity index (χ3n) is 2.29. The van der Waals surface area contributed by atoms with E-state index >= 15 is 0 Å². The summed E-state index contributed by atoms with van der Waals surface area (Å²) >= 11 is 5.97. The van der Waals surface area contributed by atoms with E-state index in [9.17, 15) is 4.79 Å². The highest BCUT2D eigenvalue weighted by Gasteiger charge is 2.09. The van der Waals surface area contributed by atoms with Gasteiger partial charge in [-0.05, 0) is 17.7 Å². The van der Waals surface area contributed by atoms with Crippen molar-refractivity contribution in [3.05, 3.63) is 28.8 Å². The number of nitrogens with zero attached hydrogens (tertiary/aromatic N) is 2. The number of methoxy groups -OCH3 is 1. The first kappa shape index (κ1) is 13.3. The van der Waals surface area contributed by atoms with Crippen molar-refractivity contribution in [2.24, 2.45) is 0 Å². The Morgan fingerprint density at radius 1 is 1.59 bits per heavy atom. The Morgan fingerprint density at radius 3 is 2.82 bits per heavy atom. The molecule has 0 aromatic heterocycles. The molecule has 0 spiro atoms. The molecule has 4 nitrogen and oxygen atoms in total. The first-order valence-corrected chi connectivity index (χ1v) is 5.39. The second-order valence-electron chi connectivity index (χ2n) is 3.55. The largest absolute Gasteiger partial charge is 0.495 e. The summed E-state index contributed by atoms with van der Waals surface area (Å²) in [6.07, 6.45) is -0.111. The van der Waals surface area contributed by atoms with Gasteiger partial charge in [-0.2, -0.15) is 5.26 Å². The zero-order chi connectivity index (χ0) is 12.8. The van der Waals surface area contributed by atoms with Crippen molar-refractivity contribution in [1.82, 2.24) is 4.90 Å². The summed E-state index contributed by atoms with van der Waals surface area (Å²) in [4.78, 5) is 12.9. The summed E-state index contributed by atoms with van der Waals surface area (Å²) in [5.74, 6) is 0.390. The predicted octanol–water partition coefficient (Wildman–Crippen LogP) is 2.22. The minimum atomic E-state index is -0.209. The van der Waals surface area contributed by atoms with Crippen LogP contribution in [0, 0.1) is 11.3 Å². The number of carbonyl (C=O) groups excluding carboxylic acids is 1. The Balaban J connectivity index is 2.73. The van der Waals surface area contributed by atoms with Gasteiger partial charge < -0.3 is 9.64 Å². The molecule has 0 aliphatic heterocycles. The summed E-state index contributed by atoms with van der Waals surface area (Å²) in [7, 11) is 3.20. The molecule has 17 heavy (non-hydrogen) atoms. The van der Waals surface area contributed by atoms with Gasteiger partial charge in [0, 0.05) is 13.6 Å². The molecule has 1 rings (SSSR count). The maximum Gasteiger partial charge on any atom is 0.236 e. The number of hydrogen-bond acceptors (Lipinski definition) is 3. The van der Waals surface area contributed by atoms with Crippen LogP contribution in [0.15, 0.2) is 18.2 Å². The first-order valence-electron chi connectivity index (χ1n) is 5.01. The number of halogens is 1. The van der Waals surface area contributed by atoms with Crippen LogP contribution in [-0.2, 0) is 11.3 Å². The minimum Gasteiger partial charge on any atom is -0.495 e. The van der Waals surface area contributed by atoms with E-state index in [0.29, 0.717) is 17.3 Å². The third-order valence-corrected chi connectivity index (χ3v) is 2.59. The number of amides is 1. The Kier molecular flexibility index (Phi) is 4.80. The van der Waals surface area contributed by atoms with Gasteiger partial charge in [0.05, 0.1) is 18.2 Å². The molecule has 1 aromatic rings. The fourth-order valence-electron chi connectivity index (χ4n) is 1.37. The summed E-state index contributed by atoms with van der Waals surface area (Å²) in [6.45, 7) is 0.421. The highest BCUT2D eigenvalue weighted by atomic mass is 35.5. The van der Waals surface area contributed by atoms with Gasteiger partial charge in [-0.3, -0.25) is 4.79 Å². The number of rotatable bonds is 4. The van der Waals surface area contributed by atoms with Crippen LogP contribution in [0.4, 0.5) is 0 Å². The Hall–Kier alpha value is -1.73. The molecule has 1 amide bonds. The average molecular weight is 253 g/mol. The van der Waals surface area contributed by atoms with Crippen LogP contribution < -0.4 is 4.74 Å². The lowest BCUT2D eigenvalue weighted by Crippen LogP contribution is -2.25. The van der Waals surface area contributed by atoms with Crippen LogP contribution >= 0.6 is 11.6 Å². The van der Waals surface area contributed by atoms with Crippen LogP contribution in [0.5, 0.6) is 5.75 Å². The monoisotopic (exact) mass is 252 g/mol. The molecule has 0 atom stereocenters. The molecule has 1 aromatic carbocycles. The maximum absolute atomic E-state index is 11.4. The molecule has 0 bridgehead atoms. The van der Waals surface area contributed by atoms with Crippen molar-refractivity contribution in [3.8, 4) is 11.8 Å². The van der Waals surface area contributed by atoms with Crippen LogP contribution in [-0.4, -0.2) is 25.0 Å². The lowest BCUT2D eigenvalue weighted by Gasteiger charge is -2.16. The van der Waals surface area contributed by atoms with Gasteiger partial charge in [-0.15, -0.1) is 0 Å². The smallest absolute Gasteiger partial charge is 0.236 e. The molecular formula is C12H13ClN2O2. The lowest BCUT2D eigenvalue weighted by atomic mass is 10.2. The van der Waals surface area contributed by atoms with Crippen LogP contribution in [0.25, 0.3) is 0 Å². The maximum atomic E-state index is 11.4. The van der Waals surface area contributed by atoms with Gasteiger partial charge in [0.25, 0.3) is 0 Å². The van der Waals surface area contributed by atoms with Crippen molar-refractivity contribution in [3.63, 3.8) is 0 Å². The van der Waals surface area contributed by atoms with E-state index in [1.807, 2.05) is 12.1 Å². The zero-order valence-corrected chi connectivity index (χ0v) is 10.5. The number of benzene rings is 1. The summed E-state index contributed by atoms with van der Waals surface area (Å²) in [6, 6.07) is 7.16. The second kappa shape index (κ2) is 6.12. The van der Waals surface area contributed by atoms with Gasteiger partial charge in [-0.1, -0.05) is 17.7 Å². The Morgan fingerprint density at radius 2 is 2.29 bits per heavy atom. The second-order valence-corrected chi connectivity index (χ2v) is 3.96. The summed E-state index contributed by atoms with van der Waals surface area (Å²) < 4.78 is 5.04. The molecule has 90 valence electrons. The Bertz CT molecular complexity index is 454. The van der Waals surface area contributed by atoms with E-state index in [2.05, 4.69) is 0 Å². The van der Waals surface area contributed by atoms with Crippen molar-refractivity contribution >= 4 is 17.5 Å². The van der Waals surface area contributed by atoms with Crippen LogP contribution in [0.3, 0.4) is 0 Å². The Labute approximate surface area is 105 Å². The summed E-state index contributed by atoms with van der Waals surface area (Å²) in [5.41, 5.74) is 0.893. The molecule has 0 saturated carbocycles. The molecule has 0 saturated heterocycles. The fourth-order valence-corrected chi connectivity index (χ4v) is 1.65. The van der Waals surface area contributed by atoms with E-state index < -0.39 is 0 Å². The third kappa shape index (κ3) is 3.65. The van der Waals surface area contributed by atoms with E-state index in [1.165, 1.54) is 4.90 Å². The molecule has 0 heterocycles. The number of nitriles is 1. The molecule has 0 aliphatic carbocycles. The molecule has 5 heteroatoms. The average Bonchev–Trinajstić information content (AvgIpc) is 2.29. The standard InChI is InChI=1S/C12H13ClN2O2/c1-15(12(16)5-6-14)8-9-3-4-11(17-2)10(13)7-9/h3-4,7H,5,8H2,1-2H3. The van der Waals surface area contributed by atoms with Crippen LogP contribution in [0.1, 0.15) is 12.0 Å². The molecule has 0 radical (unpaired) electrons. The highest BCUT2D eigenvalue weighted by Crippen LogP contribution is 2.25. The van der Waals surface area contributed by atoms with Crippen LogP contribution in [0.2, 0.25) is 5.02 Å². The van der Waals surface area contributed by atoms with Crippen molar-refractivity contribution in [1.29, 1.82) is 5.26 Å². The quantitative estimate of drug-likeness (QED) is 0.826. The fraction of sp³-hybridized carbons (Fsp3) is 0.333. The van der Waals surface area contributed by atoms with E-state index in [1.54, 1.807) is 26.3 Å².